The quantitative estimate of drug-likeness (QED) is 0.751. The smallest absolute Gasteiger partial charge is 0.153 e. The Morgan fingerprint density at radius 3 is 2.95 bits per heavy atom. The van der Waals surface area contributed by atoms with Crippen LogP contribution in [0.4, 0.5) is 11.6 Å². The summed E-state index contributed by atoms with van der Waals surface area (Å²) in [6, 6.07) is 10.00. The number of anilines is 2. The third kappa shape index (κ3) is 1.93. The second-order valence-corrected chi connectivity index (χ2v) is 4.85. The molecule has 1 aromatic carbocycles. The van der Waals surface area contributed by atoms with Crippen LogP contribution < -0.4 is 5.32 Å². The van der Waals surface area contributed by atoms with Crippen molar-refractivity contribution in [3.05, 3.63) is 42.4 Å². The number of aromatic nitrogens is 4. The first-order valence-electron chi connectivity index (χ1n) is 6.42. The molecular formula is C14H13N5. The van der Waals surface area contributed by atoms with Gasteiger partial charge in [0.2, 0.25) is 0 Å². The van der Waals surface area contributed by atoms with Crippen molar-refractivity contribution in [3.8, 4) is 0 Å². The minimum Gasteiger partial charge on any atom is -0.323 e. The molecule has 0 unspecified atom stereocenters. The van der Waals surface area contributed by atoms with Gasteiger partial charge in [-0.1, -0.05) is 12.1 Å². The molecule has 0 amide bonds. The van der Waals surface area contributed by atoms with Crippen LogP contribution >= 0.6 is 0 Å². The molecular weight excluding hydrogens is 238 g/mol. The van der Waals surface area contributed by atoms with Gasteiger partial charge in [0.1, 0.15) is 12.1 Å². The van der Waals surface area contributed by atoms with Crippen molar-refractivity contribution in [2.24, 2.45) is 0 Å². The zero-order valence-corrected chi connectivity index (χ0v) is 10.3. The SMILES string of the molecule is c1ccc2c(Nc3cc(C4CC4)[nH]n3)ncnc2c1. The molecule has 0 spiro atoms. The summed E-state index contributed by atoms with van der Waals surface area (Å²) in [6.07, 6.45) is 4.09. The molecule has 2 N–H and O–H groups in total. The Labute approximate surface area is 110 Å². The third-order valence-corrected chi connectivity index (χ3v) is 3.40. The summed E-state index contributed by atoms with van der Waals surface area (Å²) in [4.78, 5) is 8.54. The van der Waals surface area contributed by atoms with Gasteiger partial charge in [0.25, 0.3) is 0 Å². The van der Waals surface area contributed by atoms with Crippen molar-refractivity contribution < 1.29 is 0 Å². The van der Waals surface area contributed by atoms with Gasteiger partial charge in [-0.05, 0) is 25.0 Å². The highest BCUT2D eigenvalue weighted by atomic mass is 15.2. The minimum atomic E-state index is 0.671. The van der Waals surface area contributed by atoms with Crippen molar-refractivity contribution in [3.63, 3.8) is 0 Å². The van der Waals surface area contributed by atoms with E-state index in [1.54, 1.807) is 6.33 Å². The Bertz CT molecular complexity index is 724. The molecule has 1 saturated carbocycles. The molecule has 0 saturated heterocycles. The Hall–Kier alpha value is -2.43. The normalized spacial score (nSPS) is 14.7. The van der Waals surface area contributed by atoms with Crippen LogP contribution in [0.3, 0.4) is 0 Å². The summed E-state index contributed by atoms with van der Waals surface area (Å²) < 4.78 is 0. The highest BCUT2D eigenvalue weighted by Crippen LogP contribution is 2.39. The molecule has 3 aromatic rings. The first-order valence-corrected chi connectivity index (χ1v) is 6.42. The first-order chi connectivity index (χ1) is 9.40. The fraction of sp³-hybridized carbons (Fsp3) is 0.214. The standard InChI is InChI=1S/C14H13N5/c1-2-4-11-10(3-1)14(16-8-15-11)17-13-7-12(18-19-13)9-5-6-9/h1-4,7-9H,5-6H2,(H2,15,16,17,18,19). The van der Waals surface area contributed by atoms with E-state index in [1.165, 1.54) is 18.5 Å². The van der Waals surface area contributed by atoms with Crippen LogP contribution in [0.2, 0.25) is 0 Å². The molecule has 1 fully saturated rings. The first kappa shape index (κ1) is 10.5. The van der Waals surface area contributed by atoms with E-state index in [4.69, 9.17) is 0 Å². The minimum absolute atomic E-state index is 0.671. The molecule has 1 aliphatic rings. The summed E-state index contributed by atoms with van der Waals surface area (Å²) in [5.74, 6) is 2.27. The van der Waals surface area contributed by atoms with E-state index < -0.39 is 0 Å². The molecule has 0 atom stereocenters. The van der Waals surface area contributed by atoms with E-state index in [9.17, 15) is 0 Å². The summed E-state index contributed by atoms with van der Waals surface area (Å²) in [6.45, 7) is 0. The number of rotatable bonds is 3. The van der Waals surface area contributed by atoms with E-state index in [1.807, 2.05) is 24.3 Å². The number of aromatic amines is 1. The fourth-order valence-electron chi connectivity index (χ4n) is 2.23. The average molecular weight is 251 g/mol. The average Bonchev–Trinajstić information content (AvgIpc) is 3.20. The van der Waals surface area contributed by atoms with E-state index in [-0.39, 0.29) is 0 Å². The van der Waals surface area contributed by atoms with Gasteiger partial charge in [-0.3, -0.25) is 5.10 Å². The van der Waals surface area contributed by atoms with Gasteiger partial charge in [0.05, 0.1) is 5.52 Å². The molecule has 4 rings (SSSR count). The van der Waals surface area contributed by atoms with Gasteiger partial charge in [0.15, 0.2) is 5.82 Å². The molecule has 0 aliphatic heterocycles. The molecule has 94 valence electrons. The van der Waals surface area contributed by atoms with Crippen molar-refractivity contribution in [2.75, 3.05) is 5.32 Å². The molecule has 1 aliphatic carbocycles. The second-order valence-electron chi connectivity index (χ2n) is 4.85. The van der Waals surface area contributed by atoms with Crippen LogP contribution in [0.5, 0.6) is 0 Å². The number of para-hydroxylation sites is 1. The Morgan fingerprint density at radius 2 is 2.05 bits per heavy atom. The topological polar surface area (TPSA) is 66.5 Å². The van der Waals surface area contributed by atoms with Gasteiger partial charge >= 0.3 is 0 Å². The lowest BCUT2D eigenvalue weighted by Gasteiger charge is -2.04. The molecule has 0 bridgehead atoms. The van der Waals surface area contributed by atoms with Crippen LogP contribution in [0, 0.1) is 0 Å². The predicted molar refractivity (Wildman–Crippen MR) is 73.4 cm³/mol. The molecule has 0 radical (unpaired) electrons. The lowest BCUT2D eigenvalue weighted by molar-refractivity contribution is 0.966. The maximum Gasteiger partial charge on any atom is 0.153 e. The lowest BCUT2D eigenvalue weighted by Crippen LogP contribution is -1.95. The Balaban J connectivity index is 1.69. The molecule has 5 heteroatoms. The second kappa shape index (κ2) is 4.05. The number of H-pyrrole nitrogens is 1. The summed E-state index contributed by atoms with van der Waals surface area (Å²) >= 11 is 0. The fourth-order valence-corrected chi connectivity index (χ4v) is 2.23. The van der Waals surface area contributed by atoms with Gasteiger partial charge < -0.3 is 5.32 Å². The van der Waals surface area contributed by atoms with Crippen molar-refractivity contribution in [1.82, 2.24) is 20.2 Å². The van der Waals surface area contributed by atoms with Crippen molar-refractivity contribution >= 4 is 22.5 Å². The number of nitrogens with one attached hydrogen (secondary N) is 2. The van der Waals surface area contributed by atoms with E-state index in [0.29, 0.717) is 5.92 Å². The third-order valence-electron chi connectivity index (χ3n) is 3.40. The van der Waals surface area contributed by atoms with Crippen LogP contribution in [0.25, 0.3) is 10.9 Å². The van der Waals surface area contributed by atoms with Crippen molar-refractivity contribution in [2.45, 2.75) is 18.8 Å². The predicted octanol–water partition coefficient (Wildman–Crippen LogP) is 2.97. The van der Waals surface area contributed by atoms with Crippen molar-refractivity contribution in [1.29, 1.82) is 0 Å². The van der Waals surface area contributed by atoms with Crippen LogP contribution in [0.15, 0.2) is 36.7 Å². The summed E-state index contributed by atoms with van der Waals surface area (Å²) in [5, 5.41) is 11.6. The van der Waals surface area contributed by atoms with Crippen LogP contribution in [-0.2, 0) is 0 Å². The van der Waals surface area contributed by atoms with Gasteiger partial charge in [0, 0.05) is 23.1 Å². The summed E-state index contributed by atoms with van der Waals surface area (Å²) in [5.41, 5.74) is 2.14. The van der Waals surface area contributed by atoms with E-state index in [2.05, 4.69) is 31.5 Å². The number of nitrogens with zero attached hydrogens (tertiary/aromatic N) is 3. The molecule has 2 heterocycles. The Kier molecular flexibility index (Phi) is 2.24. The largest absolute Gasteiger partial charge is 0.323 e. The van der Waals surface area contributed by atoms with Crippen LogP contribution in [-0.4, -0.2) is 20.2 Å². The zero-order chi connectivity index (χ0) is 12.7. The van der Waals surface area contributed by atoms with E-state index >= 15 is 0 Å². The van der Waals surface area contributed by atoms with Gasteiger partial charge in [-0.15, -0.1) is 0 Å². The maximum absolute atomic E-state index is 4.30. The number of benzene rings is 1. The Morgan fingerprint density at radius 1 is 1.16 bits per heavy atom. The summed E-state index contributed by atoms with van der Waals surface area (Å²) in [7, 11) is 0. The van der Waals surface area contributed by atoms with Crippen LogP contribution in [0.1, 0.15) is 24.5 Å². The highest BCUT2D eigenvalue weighted by Gasteiger charge is 2.25. The number of hydrogen-bond donors (Lipinski definition) is 2. The van der Waals surface area contributed by atoms with Gasteiger partial charge in [-0.2, -0.15) is 5.10 Å². The molecule has 2 aromatic heterocycles. The van der Waals surface area contributed by atoms with E-state index in [0.717, 1.165) is 22.5 Å². The van der Waals surface area contributed by atoms with Gasteiger partial charge in [-0.25, -0.2) is 9.97 Å². The number of fused-ring (bicyclic) bond motifs is 1. The lowest BCUT2D eigenvalue weighted by atomic mass is 10.2. The molecule has 5 nitrogen and oxygen atoms in total. The molecule has 19 heavy (non-hydrogen) atoms. The monoisotopic (exact) mass is 251 g/mol. The number of hydrogen-bond acceptors (Lipinski definition) is 4. The highest BCUT2D eigenvalue weighted by molar-refractivity contribution is 5.90. The zero-order valence-electron chi connectivity index (χ0n) is 10.3. The maximum atomic E-state index is 4.30.